The van der Waals surface area contributed by atoms with E-state index in [4.69, 9.17) is 17.3 Å². The number of carbonyl (C=O) groups is 1. The van der Waals surface area contributed by atoms with Gasteiger partial charge in [-0.2, -0.15) is 0 Å². The number of nitrogens with zero attached hydrogens (tertiary/aromatic N) is 1. The smallest absolute Gasteiger partial charge is 0.222 e. The van der Waals surface area contributed by atoms with Gasteiger partial charge >= 0.3 is 0 Å². The summed E-state index contributed by atoms with van der Waals surface area (Å²) in [6.07, 6.45) is 1.41. The summed E-state index contributed by atoms with van der Waals surface area (Å²) in [6.45, 7) is 0. The molecule has 0 aliphatic heterocycles. The maximum atomic E-state index is 11.3. The number of hydrogen-bond donors (Lipinski definition) is 1. The monoisotopic (exact) mass is 272 g/mol. The number of anilines is 1. The third kappa shape index (κ3) is 4.88. The third-order valence-corrected chi connectivity index (χ3v) is 3.83. The molecule has 0 bridgehead atoms. The lowest BCUT2D eigenvalue weighted by atomic mass is 10.3. The van der Waals surface area contributed by atoms with Gasteiger partial charge in [0.05, 0.1) is 5.02 Å². The molecule has 2 N–H and O–H groups in total. The van der Waals surface area contributed by atoms with Crippen LogP contribution in [0.2, 0.25) is 5.02 Å². The minimum Gasteiger partial charge on any atom is -0.399 e. The van der Waals surface area contributed by atoms with E-state index in [0.717, 1.165) is 17.1 Å². The van der Waals surface area contributed by atoms with Gasteiger partial charge in [0.1, 0.15) is 0 Å². The molecular weight excluding hydrogens is 256 g/mol. The second kappa shape index (κ2) is 6.77. The molecule has 0 aliphatic rings. The quantitative estimate of drug-likeness (QED) is 0.509. The zero-order valence-corrected chi connectivity index (χ0v) is 11.6. The van der Waals surface area contributed by atoms with Crippen molar-refractivity contribution in [2.24, 2.45) is 0 Å². The SMILES string of the molecule is CN(C)C(=O)CCCSc1cc(N)ccc1Cl. The first-order chi connectivity index (χ1) is 8.00. The van der Waals surface area contributed by atoms with Crippen molar-refractivity contribution in [3.8, 4) is 0 Å². The van der Waals surface area contributed by atoms with E-state index < -0.39 is 0 Å². The molecule has 1 aromatic carbocycles. The molecule has 0 aromatic heterocycles. The van der Waals surface area contributed by atoms with Crippen LogP contribution in [-0.4, -0.2) is 30.7 Å². The molecule has 0 spiro atoms. The average molecular weight is 273 g/mol. The number of halogens is 1. The van der Waals surface area contributed by atoms with E-state index in [0.29, 0.717) is 17.1 Å². The topological polar surface area (TPSA) is 46.3 Å². The minimum absolute atomic E-state index is 0.157. The molecule has 3 nitrogen and oxygen atoms in total. The molecule has 0 fully saturated rings. The highest BCUT2D eigenvalue weighted by Crippen LogP contribution is 2.29. The first-order valence-electron chi connectivity index (χ1n) is 5.38. The van der Waals surface area contributed by atoms with Gasteiger partial charge in [-0.25, -0.2) is 0 Å². The molecule has 1 rings (SSSR count). The zero-order valence-electron chi connectivity index (χ0n) is 10.1. The summed E-state index contributed by atoms with van der Waals surface area (Å²) in [7, 11) is 3.54. The molecule has 0 saturated heterocycles. The summed E-state index contributed by atoms with van der Waals surface area (Å²) in [5.41, 5.74) is 6.40. The van der Waals surface area contributed by atoms with Crippen molar-refractivity contribution in [1.29, 1.82) is 0 Å². The molecule has 94 valence electrons. The summed E-state index contributed by atoms with van der Waals surface area (Å²) >= 11 is 7.67. The normalized spacial score (nSPS) is 10.3. The van der Waals surface area contributed by atoms with Gasteiger partial charge in [0, 0.05) is 31.1 Å². The molecule has 0 atom stereocenters. The van der Waals surface area contributed by atoms with Crippen molar-refractivity contribution in [2.45, 2.75) is 17.7 Å². The van der Waals surface area contributed by atoms with Crippen LogP contribution in [0, 0.1) is 0 Å². The number of thioether (sulfide) groups is 1. The molecule has 1 amide bonds. The Morgan fingerprint density at radius 3 is 2.82 bits per heavy atom. The Hall–Kier alpha value is -0.870. The Bertz CT molecular complexity index is 396. The molecule has 0 heterocycles. The van der Waals surface area contributed by atoms with Gasteiger partial charge in [0.25, 0.3) is 0 Å². The van der Waals surface area contributed by atoms with Crippen LogP contribution in [0.15, 0.2) is 23.1 Å². The van der Waals surface area contributed by atoms with Crippen molar-refractivity contribution in [3.63, 3.8) is 0 Å². The highest BCUT2D eigenvalue weighted by atomic mass is 35.5. The average Bonchev–Trinajstić information content (AvgIpc) is 2.28. The Morgan fingerprint density at radius 2 is 2.18 bits per heavy atom. The molecule has 0 saturated carbocycles. The van der Waals surface area contributed by atoms with Crippen LogP contribution < -0.4 is 5.73 Å². The minimum atomic E-state index is 0.157. The van der Waals surface area contributed by atoms with Crippen molar-refractivity contribution in [3.05, 3.63) is 23.2 Å². The predicted molar refractivity (Wildman–Crippen MR) is 74.5 cm³/mol. The molecule has 5 heteroatoms. The van der Waals surface area contributed by atoms with E-state index in [1.807, 2.05) is 6.07 Å². The van der Waals surface area contributed by atoms with E-state index in [1.165, 1.54) is 0 Å². The Balaban J connectivity index is 2.36. The van der Waals surface area contributed by atoms with Crippen molar-refractivity contribution < 1.29 is 4.79 Å². The molecule has 1 aromatic rings. The Kier molecular flexibility index (Phi) is 5.65. The fourth-order valence-corrected chi connectivity index (χ4v) is 2.47. The number of nitrogen functional groups attached to an aromatic ring is 1. The largest absolute Gasteiger partial charge is 0.399 e. The van der Waals surface area contributed by atoms with Gasteiger partial charge in [-0.1, -0.05) is 11.6 Å². The third-order valence-electron chi connectivity index (χ3n) is 2.25. The summed E-state index contributed by atoms with van der Waals surface area (Å²) in [6, 6.07) is 5.44. The van der Waals surface area contributed by atoms with E-state index in [9.17, 15) is 4.79 Å². The number of nitrogens with two attached hydrogens (primary N) is 1. The molecule has 0 unspecified atom stereocenters. The van der Waals surface area contributed by atoms with Crippen LogP contribution in [0.3, 0.4) is 0 Å². The standard InChI is InChI=1S/C12H17ClN2OS/c1-15(2)12(16)4-3-7-17-11-8-9(14)5-6-10(11)13/h5-6,8H,3-4,7,14H2,1-2H3. The van der Waals surface area contributed by atoms with Crippen molar-refractivity contribution in [1.82, 2.24) is 4.90 Å². The maximum Gasteiger partial charge on any atom is 0.222 e. The van der Waals surface area contributed by atoms with Gasteiger partial charge < -0.3 is 10.6 Å². The van der Waals surface area contributed by atoms with E-state index >= 15 is 0 Å². The lowest BCUT2D eigenvalue weighted by Gasteiger charge is -2.09. The van der Waals surface area contributed by atoms with E-state index in [2.05, 4.69) is 0 Å². The van der Waals surface area contributed by atoms with Crippen molar-refractivity contribution in [2.75, 3.05) is 25.6 Å². The number of amides is 1. The summed E-state index contributed by atoms with van der Waals surface area (Å²) < 4.78 is 0. The van der Waals surface area contributed by atoms with Gasteiger partial charge in [-0.3, -0.25) is 4.79 Å². The van der Waals surface area contributed by atoms with Crippen LogP contribution in [-0.2, 0) is 4.79 Å². The second-order valence-electron chi connectivity index (χ2n) is 3.93. The Labute approximate surface area is 111 Å². The first kappa shape index (κ1) is 14.2. The van der Waals surface area contributed by atoms with Crippen LogP contribution in [0.1, 0.15) is 12.8 Å². The highest BCUT2D eigenvalue weighted by molar-refractivity contribution is 7.99. The van der Waals surface area contributed by atoms with Gasteiger partial charge in [-0.15, -0.1) is 11.8 Å². The van der Waals surface area contributed by atoms with Gasteiger partial charge in [0.15, 0.2) is 0 Å². The van der Waals surface area contributed by atoms with Crippen LogP contribution >= 0.6 is 23.4 Å². The van der Waals surface area contributed by atoms with Crippen molar-refractivity contribution >= 4 is 35.0 Å². The number of rotatable bonds is 5. The highest BCUT2D eigenvalue weighted by Gasteiger charge is 2.05. The lowest BCUT2D eigenvalue weighted by molar-refractivity contribution is -0.128. The predicted octanol–water partition coefficient (Wildman–Crippen LogP) is 2.88. The van der Waals surface area contributed by atoms with Gasteiger partial charge in [-0.05, 0) is 30.4 Å². The molecule has 0 aliphatic carbocycles. The van der Waals surface area contributed by atoms with Crippen LogP contribution in [0.4, 0.5) is 5.69 Å². The molecule has 0 radical (unpaired) electrons. The summed E-state index contributed by atoms with van der Waals surface area (Å²) in [5.74, 6) is 1.02. The van der Waals surface area contributed by atoms with Crippen LogP contribution in [0.5, 0.6) is 0 Å². The number of hydrogen-bond acceptors (Lipinski definition) is 3. The zero-order chi connectivity index (χ0) is 12.8. The fraction of sp³-hybridized carbons (Fsp3) is 0.417. The van der Waals surface area contributed by atoms with Crippen LogP contribution in [0.25, 0.3) is 0 Å². The summed E-state index contributed by atoms with van der Waals surface area (Å²) in [5, 5.41) is 0.711. The lowest BCUT2D eigenvalue weighted by Crippen LogP contribution is -2.21. The molecule has 17 heavy (non-hydrogen) atoms. The summed E-state index contributed by atoms with van der Waals surface area (Å²) in [4.78, 5) is 13.9. The second-order valence-corrected chi connectivity index (χ2v) is 5.47. The van der Waals surface area contributed by atoms with E-state index in [-0.39, 0.29) is 5.91 Å². The van der Waals surface area contributed by atoms with E-state index in [1.54, 1.807) is 42.9 Å². The fourth-order valence-electron chi connectivity index (χ4n) is 1.26. The maximum absolute atomic E-state index is 11.3. The first-order valence-corrected chi connectivity index (χ1v) is 6.75. The number of benzene rings is 1. The number of carbonyl (C=O) groups excluding carboxylic acids is 1. The molecular formula is C12H17ClN2OS. The Morgan fingerprint density at radius 1 is 1.47 bits per heavy atom. The van der Waals surface area contributed by atoms with Gasteiger partial charge in [0.2, 0.25) is 5.91 Å².